The van der Waals surface area contributed by atoms with Crippen LogP contribution in [0.25, 0.3) is 10.2 Å². The summed E-state index contributed by atoms with van der Waals surface area (Å²) in [6, 6.07) is 14.3. The van der Waals surface area contributed by atoms with Crippen LogP contribution >= 0.6 is 23.1 Å². The van der Waals surface area contributed by atoms with Crippen LogP contribution in [0.5, 0.6) is 5.75 Å². The number of amides is 1. The molecular weight excluding hydrogens is 426 g/mol. The lowest BCUT2D eigenvalue weighted by Crippen LogP contribution is -2.33. The Morgan fingerprint density at radius 1 is 1.10 bits per heavy atom. The largest absolute Gasteiger partial charge is 0.497 e. The van der Waals surface area contributed by atoms with Crippen LogP contribution in [0.1, 0.15) is 24.8 Å². The molecule has 1 aromatic heterocycles. The van der Waals surface area contributed by atoms with Crippen molar-refractivity contribution < 1.29 is 9.53 Å². The Morgan fingerprint density at radius 3 is 2.55 bits per heavy atom. The van der Waals surface area contributed by atoms with Gasteiger partial charge in [0.25, 0.3) is 0 Å². The van der Waals surface area contributed by atoms with Crippen molar-refractivity contribution in [2.24, 2.45) is 0 Å². The van der Waals surface area contributed by atoms with Crippen molar-refractivity contribution in [3.8, 4) is 5.75 Å². The number of thioether (sulfide) groups is 1. The van der Waals surface area contributed by atoms with E-state index < -0.39 is 0 Å². The van der Waals surface area contributed by atoms with Gasteiger partial charge in [-0.2, -0.15) is 0 Å². The molecule has 3 aromatic rings. The minimum Gasteiger partial charge on any atom is -0.497 e. The highest BCUT2D eigenvalue weighted by Crippen LogP contribution is 2.31. The van der Waals surface area contributed by atoms with Crippen molar-refractivity contribution in [3.63, 3.8) is 0 Å². The molecule has 3 rings (SSSR count). The zero-order chi connectivity index (χ0) is 22.2. The van der Waals surface area contributed by atoms with Crippen LogP contribution in [0.3, 0.4) is 0 Å². The van der Waals surface area contributed by atoms with Crippen molar-refractivity contribution in [1.29, 1.82) is 0 Å². The first-order valence-corrected chi connectivity index (χ1v) is 12.4. The third-order valence-electron chi connectivity index (χ3n) is 4.99. The smallest absolute Gasteiger partial charge is 0.228 e. The number of thiazole rings is 1. The lowest BCUT2D eigenvalue weighted by molar-refractivity contribution is -0.118. The van der Waals surface area contributed by atoms with Gasteiger partial charge >= 0.3 is 0 Å². The lowest BCUT2D eigenvalue weighted by atomic mass is 10.2. The summed E-state index contributed by atoms with van der Waals surface area (Å²) < 4.78 is 6.34. The summed E-state index contributed by atoms with van der Waals surface area (Å²) in [5.41, 5.74) is 2.15. The van der Waals surface area contributed by atoms with Crippen molar-refractivity contribution in [2.45, 2.75) is 31.1 Å². The Bertz CT molecular complexity index is 986. The van der Waals surface area contributed by atoms with Gasteiger partial charge in [0, 0.05) is 17.9 Å². The van der Waals surface area contributed by atoms with E-state index in [2.05, 4.69) is 50.2 Å². The molecule has 7 heteroatoms. The number of rotatable bonds is 11. The van der Waals surface area contributed by atoms with Crippen molar-refractivity contribution in [3.05, 3.63) is 48.0 Å². The fraction of sp³-hybridized carbons (Fsp3) is 0.417. The molecular formula is C24H31N3O2S2. The van der Waals surface area contributed by atoms with Crippen LogP contribution in [0.2, 0.25) is 0 Å². The highest BCUT2D eigenvalue weighted by atomic mass is 32.2. The van der Waals surface area contributed by atoms with E-state index in [0.717, 1.165) is 51.8 Å². The third-order valence-corrected chi connectivity index (χ3v) is 7.13. The van der Waals surface area contributed by atoms with Crippen molar-refractivity contribution in [1.82, 2.24) is 9.88 Å². The molecule has 0 aliphatic carbocycles. The SMILES string of the molecule is COc1ccc(SCCCC(=O)N(CCCN(C)C)c2nc3c(C)cccc3s2)cc1. The number of carbonyl (C=O) groups is 1. The molecule has 0 atom stereocenters. The van der Waals surface area contributed by atoms with Gasteiger partial charge in [-0.3, -0.25) is 9.69 Å². The second-order valence-corrected chi connectivity index (χ2v) is 9.93. The Labute approximate surface area is 193 Å². The Kier molecular flexibility index (Phi) is 8.75. The van der Waals surface area contributed by atoms with Gasteiger partial charge in [-0.15, -0.1) is 11.8 Å². The first kappa shape index (κ1) is 23.6. The van der Waals surface area contributed by atoms with Crippen LogP contribution in [0.4, 0.5) is 5.13 Å². The molecule has 0 unspecified atom stereocenters. The van der Waals surface area contributed by atoms with E-state index in [1.54, 1.807) is 30.2 Å². The Hall–Kier alpha value is -2.09. The first-order chi connectivity index (χ1) is 15.0. The standard InChI is InChI=1S/C24H31N3O2S2/c1-18-8-5-9-21-23(18)25-24(31-21)27(16-7-15-26(2)3)22(28)10-6-17-30-20-13-11-19(29-4)12-14-20/h5,8-9,11-14H,6-7,10,15-17H2,1-4H3. The summed E-state index contributed by atoms with van der Waals surface area (Å²) in [5.74, 6) is 1.92. The normalized spacial score (nSPS) is 11.3. The number of hydrogen-bond donors (Lipinski definition) is 0. The first-order valence-electron chi connectivity index (χ1n) is 10.6. The number of anilines is 1. The molecule has 0 aliphatic heterocycles. The highest BCUT2D eigenvalue weighted by Gasteiger charge is 2.19. The van der Waals surface area contributed by atoms with E-state index in [0.29, 0.717) is 13.0 Å². The summed E-state index contributed by atoms with van der Waals surface area (Å²) in [6.07, 6.45) is 2.29. The molecule has 1 amide bonds. The highest BCUT2D eigenvalue weighted by molar-refractivity contribution is 7.99. The predicted octanol–water partition coefficient (Wildman–Crippen LogP) is 5.47. The third kappa shape index (κ3) is 6.69. The maximum Gasteiger partial charge on any atom is 0.228 e. The van der Waals surface area contributed by atoms with E-state index in [9.17, 15) is 4.79 Å². The number of para-hydroxylation sites is 1. The quantitative estimate of drug-likeness (QED) is 0.282. The number of hydrogen-bond acceptors (Lipinski definition) is 6. The number of benzene rings is 2. The summed E-state index contributed by atoms with van der Waals surface area (Å²) in [6.45, 7) is 3.71. The zero-order valence-electron chi connectivity index (χ0n) is 18.8. The molecule has 5 nitrogen and oxygen atoms in total. The van der Waals surface area contributed by atoms with Crippen molar-refractivity contribution >= 4 is 44.4 Å². The van der Waals surface area contributed by atoms with E-state index in [-0.39, 0.29) is 5.91 Å². The zero-order valence-corrected chi connectivity index (χ0v) is 20.4. The molecule has 0 saturated heterocycles. The molecule has 0 fully saturated rings. The van der Waals surface area contributed by atoms with Crippen LogP contribution in [-0.2, 0) is 4.79 Å². The molecule has 0 aliphatic rings. The number of aromatic nitrogens is 1. The number of ether oxygens (including phenoxy) is 1. The fourth-order valence-electron chi connectivity index (χ4n) is 3.28. The predicted molar refractivity (Wildman–Crippen MR) is 133 cm³/mol. The maximum atomic E-state index is 13.1. The Morgan fingerprint density at radius 2 is 1.87 bits per heavy atom. The average Bonchev–Trinajstić information content (AvgIpc) is 3.19. The molecule has 0 N–H and O–H groups in total. The number of fused-ring (bicyclic) bond motifs is 1. The minimum absolute atomic E-state index is 0.158. The molecule has 0 saturated carbocycles. The fourth-order valence-corrected chi connectivity index (χ4v) is 5.22. The molecule has 31 heavy (non-hydrogen) atoms. The van der Waals surface area contributed by atoms with Gasteiger partial charge in [0.15, 0.2) is 5.13 Å². The maximum absolute atomic E-state index is 13.1. The molecule has 0 radical (unpaired) electrons. The summed E-state index contributed by atoms with van der Waals surface area (Å²) in [5, 5.41) is 0.816. The molecule has 0 bridgehead atoms. The van der Waals surface area contributed by atoms with Crippen LogP contribution in [-0.4, -0.2) is 55.8 Å². The number of nitrogens with zero attached hydrogens (tertiary/aromatic N) is 3. The molecule has 166 valence electrons. The number of aryl methyl sites for hydroxylation is 1. The topological polar surface area (TPSA) is 45.7 Å². The van der Waals surface area contributed by atoms with Gasteiger partial charge in [0.2, 0.25) is 5.91 Å². The monoisotopic (exact) mass is 457 g/mol. The van der Waals surface area contributed by atoms with Crippen molar-refractivity contribution in [2.75, 3.05) is 44.9 Å². The molecule has 1 heterocycles. The van der Waals surface area contributed by atoms with Crippen LogP contribution in [0, 0.1) is 6.92 Å². The van der Waals surface area contributed by atoms with E-state index in [1.807, 2.05) is 23.1 Å². The number of carbonyl (C=O) groups excluding carboxylic acids is 1. The lowest BCUT2D eigenvalue weighted by Gasteiger charge is -2.21. The second-order valence-electron chi connectivity index (χ2n) is 7.75. The minimum atomic E-state index is 0.158. The summed E-state index contributed by atoms with van der Waals surface area (Å²) in [4.78, 5) is 23.2. The van der Waals surface area contributed by atoms with E-state index in [4.69, 9.17) is 9.72 Å². The van der Waals surface area contributed by atoms with Gasteiger partial charge in [-0.25, -0.2) is 4.98 Å². The van der Waals surface area contributed by atoms with Crippen LogP contribution in [0.15, 0.2) is 47.4 Å². The van der Waals surface area contributed by atoms with Gasteiger partial charge in [-0.05, 0) is 82.1 Å². The van der Waals surface area contributed by atoms with E-state index in [1.165, 1.54) is 4.90 Å². The van der Waals surface area contributed by atoms with Gasteiger partial charge < -0.3 is 9.64 Å². The Balaban J connectivity index is 1.61. The van der Waals surface area contributed by atoms with E-state index >= 15 is 0 Å². The summed E-state index contributed by atoms with van der Waals surface area (Å²) in [7, 11) is 5.79. The van der Waals surface area contributed by atoms with Gasteiger partial charge in [0.1, 0.15) is 5.75 Å². The average molecular weight is 458 g/mol. The second kappa shape index (κ2) is 11.5. The van der Waals surface area contributed by atoms with Gasteiger partial charge in [0.05, 0.1) is 17.3 Å². The van der Waals surface area contributed by atoms with Crippen LogP contribution < -0.4 is 9.64 Å². The molecule has 0 spiro atoms. The van der Waals surface area contributed by atoms with Gasteiger partial charge in [-0.1, -0.05) is 23.5 Å². The number of methoxy groups -OCH3 is 1. The summed E-state index contributed by atoms with van der Waals surface area (Å²) >= 11 is 3.38. The molecule has 2 aromatic carbocycles.